The summed E-state index contributed by atoms with van der Waals surface area (Å²) in [6, 6.07) is 12.2. The Hall–Kier alpha value is -1.56. The molecular formula is C15H14ClNO3S. The molecule has 2 aromatic rings. The van der Waals surface area contributed by atoms with Crippen molar-refractivity contribution in [2.45, 2.75) is 23.7 Å². The third-order valence-corrected chi connectivity index (χ3v) is 4.48. The molecule has 6 heteroatoms. The molecule has 110 valence electrons. The van der Waals surface area contributed by atoms with E-state index in [-0.39, 0.29) is 5.69 Å². The van der Waals surface area contributed by atoms with Gasteiger partial charge in [0, 0.05) is 16.8 Å². The quantitative estimate of drug-likeness (QED) is 0.496. The van der Waals surface area contributed by atoms with E-state index >= 15 is 0 Å². The van der Waals surface area contributed by atoms with Gasteiger partial charge in [-0.3, -0.25) is 10.1 Å². The highest BCUT2D eigenvalue weighted by atomic mass is 35.5. The molecule has 0 heterocycles. The van der Waals surface area contributed by atoms with Crippen LogP contribution >= 0.6 is 23.4 Å². The summed E-state index contributed by atoms with van der Waals surface area (Å²) in [6.07, 6.45) is -0.730. The second-order valence-electron chi connectivity index (χ2n) is 4.54. The topological polar surface area (TPSA) is 63.4 Å². The summed E-state index contributed by atoms with van der Waals surface area (Å²) in [7, 11) is 0. The maximum absolute atomic E-state index is 11.2. The van der Waals surface area contributed by atoms with E-state index in [1.54, 1.807) is 25.1 Å². The van der Waals surface area contributed by atoms with E-state index in [1.807, 2.05) is 18.2 Å². The summed E-state index contributed by atoms with van der Waals surface area (Å²) in [5, 5.41) is 21.3. The third kappa shape index (κ3) is 3.97. The Labute approximate surface area is 131 Å². The van der Waals surface area contributed by atoms with Gasteiger partial charge < -0.3 is 5.11 Å². The number of thioether (sulfide) groups is 1. The monoisotopic (exact) mass is 323 g/mol. The van der Waals surface area contributed by atoms with Crippen molar-refractivity contribution in [3.63, 3.8) is 0 Å². The van der Waals surface area contributed by atoms with E-state index in [9.17, 15) is 15.2 Å². The molecule has 0 radical (unpaired) electrons. The van der Waals surface area contributed by atoms with E-state index < -0.39 is 11.0 Å². The van der Waals surface area contributed by atoms with Gasteiger partial charge in [-0.2, -0.15) is 0 Å². The molecule has 0 aromatic heterocycles. The summed E-state index contributed by atoms with van der Waals surface area (Å²) in [4.78, 5) is 11.3. The van der Waals surface area contributed by atoms with Crippen molar-refractivity contribution in [2.75, 3.05) is 0 Å². The van der Waals surface area contributed by atoms with Crippen LogP contribution in [-0.2, 0) is 5.75 Å². The largest absolute Gasteiger partial charge is 0.389 e. The van der Waals surface area contributed by atoms with Gasteiger partial charge >= 0.3 is 0 Å². The first-order valence-corrected chi connectivity index (χ1v) is 7.68. The minimum atomic E-state index is -0.730. The highest BCUT2D eigenvalue weighted by Gasteiger charge is 2.17. The minimum Gasteiger partial charge on any atom is -0.389 e. The standard InChI is InChI=1S/C15H14ClNO3S/c1-10(18)11-6-7-15(14(8-11)17(19)20)21-9-12-4-2-3-5-13(12)16/h2-8,10,18H,9H2,1H3. The van der Waals surface area contributed by atoms with Gasteiger partial charge in [-0.25, -0.2) is 0 Å². The maximum atomic E-state index is 11.2. The van der Waals surface area contributed by atoms with Crippen LogP contribution in [0.1, 0.15) is 24.2 Å². The number of hydrogen-bond acceptors (Lipinski definition) is 4. The van der Waals surface area contributed by atoms with Crippen LogP contribution in [0, 0.1) is 10.1 Å². The summed E-state index contributed by atoms with van der Waals surface area (Å²) in [5.41, 5.74) is 1.47. The lowest BCUT2D eigenvalue weighted by Gasteiger charge is -2.08. The Balaban J connectivity index is 2.24. The predicted molar refractivity (Wildman–Crippen MR) is 84.7 cm³/mol. The number of rotatable bonds is 5. The molecule has 0 fully saturated rings. The maximum Gasteiger partial charge on any atom is 0.283 e. The summed E-state index contributed by atoms with van der Waals surface area (Å²) in [6.45, 7) is 1.58. The van der Waals surface area contributed by atoms with Crippen LogP contribution in [0.25, 0.3) is 0 Å². The van der Waals surface area contributed by atoms with Gasteiger partial charge in [0.25, 0.3) is 5.69 Å². The number of aliphatic hydroxyl groups is 1. The van der Waals surface area contributed by atoms with Crippen molar-refractivity contribution in [2.24, 2.45) is 0 Å². The highest BCUT2D eigenvalue weighted by Crippen LogP contribution is 2.34. The van der Waals surface area contributed by atoms with Crippen LogP contribution in [0.2, 0.25) is 5.02 Å². The van der Waals surface area contributed by atoms with Crippen molar-refractivity contribution < 1.29 is 10.0 Å². The molecule has 0 saturated carbocycles. The molecule has 2 rings (SSSR count). The molecule has 21 heavy (non-hydrogen) atoms. The third-order valence-electron chi connectivity index (χ3n) is 3.00. The average molecular weight is 324 g/mol. The molecule has 0 amide bonds. The lowest BCUT2D eigenvalue weighted by molar-refractivity contribution is -0.387. The number of nitro groups is 1. The molecule has 0 aliphatic heterocycles. The average Bonchev–Trinajstić information content (AvgIpc) is 2.46. The van der Waals surface area contributed by atoms with Gasteiger partial charge in [-0.1, -0.05) is 35.9 Å². The molecule has 1 atom stereocenters. The SMILES string of the molecule is CC(O)c1ccc(SCc2ccccc2Cl)c([N+](=O)[O-])c1. The van der Waals surface area contributed by atoms with E-state index in [2.05, 4.69) is 0 Å². The van der Waals surface area contributed by atoms with E-state index in [4.69, 9.17) is 11.6 Å². The number of halogens is 1. The molecule has 0 spiro atoms. The van der Waals surface area contributed by atoms with Crippen LogP contribution in [0.3, 0.4) is 0 Å². The van der Waals surface area contributed by atoms with E-state index in [1.165, 1.54) is 17.8 Å². The van der Waals surface area contributed by atoms with Gasteiger partial charge in [0.15, 0.2) is 0 Å². The first kappa shape index (κ1) is 15.8. The number of nitro benzene ring substituents is 1. The van der Waals surface area contributed by atoms with Crippen molar-refractivity contribution in [3.05, 3.63) is 68.7 Å². The van der Waals surface area contributed by atoms with Crippen molar-refractivity contribution in [1.82, 2.24) is 0 Å². The molecule has 0 aliphatic rings. The van der Waals surface area contributed by atoms with Gasteiger partial charge in [-0.05, 0) is 30.2 Å². The van der Waals surface area contributed by atoms with Crippen LogP contribution in [0.5, 0.6) is 0 Å². The Morgan fingerprint density at radius 1 is 1.33 bits per heavy atom. The van der Waals surface area contributed by atoms with Crippen LogP contribution < -0.4 is 0 Å². The van der Waals surface area contributed by atoms with Gasteiger partial charge in [-0.15, -0.1) is 11.8 Å². The second-order valence-corrected chi connectivity index (χ2v) is 5.96. The van der Waals surface area contributed by atoms with Crippen molar-refractivity contribution >= 4 is 29.1 Å². The smallest absolute Gasteiger partial charge is 0.283 e. The van der Waals surface area contributed by atoms with E-state index in [0.29, 0.717) is 21.2 Å². The van der Waals surface area contributed by atoms with Crippen molar-refractivity contribution in [1.29, 1.82) is 0 Å². The lowest BCUT2D eigenvalue weighted by atomic mass is 10.1. The van der Waals surface area contributed by atoms with Gasteiger partial charge in [0.05, 0.1) is 15.9 Å². The Morgan fingerprint density at radius 2 is 2.05 bits per heavy atom. The molecule has 1 N–H and O–H groups in total. The summed E-state index contributed by atoms with van der Waals surface area (Å²) in [5.74, 6) is 0.550. The molecule has 4 nitrogen and oxygen atoms in total. The molecule has 0 bridgehead atoms. The predicted octanol–water partition coefficient (Wildman–Crippen LogP) is 4.59. The molecule has 1 unspecified atom stereocenters. The highest BCUT2D eigenvalue weighted by molar-refractivity contribution is 7.98. The first-order chi connectivity index (χ1) is 9.99. The van der Waals surface area contributed by atoms with E-state index in [0.717, 1.165) is 5.56 Å². The number of aliphatic hydroxyl groups excluding tert-OH is 1. The van der Waals surface area contributed by atoms with Crippen molar-refractivity contribution in [3.8, 4) is 0 Å². The molecule has 0 aliphatic carbocycles. The Morgan fingerprint density at radius 3 is 2.67 bits per heavy atom. The van der Waals surface area contributed by atoms with Crippen LogP contribution in [0.4, 0.5) is 5.69 Å². The van der Waals surface area contributed by atoms with Crippen LogP contribution in [-0.4, -0.2) is 10.0 Å². The Kier molecular flexibility index (Phi) is 5.22. The van der Waals surface area contributed by atoms with Gasteiger partial charge in [0.1, 0.15) is 0 Å². The number of nitrogens with zero attached hydrogens (tertiary/aromatic N) is 1. The fourth-order valence-corrected chi connectivity index (χ4v) is 3.12. The lowest BCUT2D eigenvalue weighted by Crippen LogP contribution is -1.96. The Bertz CT molecular complexity index is 661. The fraction of sp³-hybridized carbons (Fsp3) is 0.200. The fourth-order valence-electron chi connectivity index (χ4n) is 1.83. The normalized spacial score (nSPS) is 12.1. The van der Waals surface area contributed by atoms with Crippen LogP contribution in [0.15, 0.2) is 47.4 Å². The first-order valence-electron chi connectivity index (χ1n) is 6.31. The zero-order valence-electron chi connectivity index (χ0n) is 11.3. The number of hydrogen-bond donors (Lipinski definition) is 1. The zero-order chi connectivity index (χ0) is 15.4. The molecule has 2 aromatic carbocycles. The molecular weight excluding hydrogens is 310 g/mol. The second kappa shape index (κ2) is 6.93. The summed E-state index contributed by atoms with van der Waals surface area (Å²) < 4.78 is 0. The van der Waals surface area contributed by atoms with Gasteiger partial charge in [0.2, 0.25) is 0 Å². The summed E-state index contributed by atoms with van der Waals surface area (Å²) >= 11 is 7.43. The minimum absolute atomic E-state index is 0.00505. The number of benzene rings is 2. The molecule has 0 saturated heterocycles. The zero-order valence-corrected chi connectivity index (χ0v) is 12.9.